The van der Waals surface area contributed by atoms with E-state index in [2.05, 4.69) is 5.32 Å². The second kappa shape index (κ2) is 8.71. The van der Waals surface area contributed by atoms with Crippen molar-refractivity contribution in [3.05, 3.63) is 82.3 Å². The number of pyridine rings is 1. The Morgan fingerprint density at radius 2 is 1.90 bits per heavy atom. The number of fused-ring (bicyclic) bond motifs is 1. The molecule has 4 rings (SSSR count). The van der Waals surface area contributed by atoms with Crippen LogP contribution in [0, 0.1) is 0 Å². The molecule has 0 saturated heterocycles. The Morgan fingerprint density at radius 1 is 1.10 bits per heavy atom. The van der Waals surface area contributed by atoms with Gasteiger partial charge >= 0.3 is 0 Å². The predicted molar refractivity (Wildman–Crippen MR) is 109 cm³/mol. The van der Waals surface area contributed by atoms with Crippen molar-refractivity contribution >= 4 is 11.6 Å². The third-order valence-corrected chi connectivity index (χ3v) is 4.55. The number of aliphatic hydroxyl groups is 1. The van der Waals surface area contributed by atoms with E-state index in [1.165, 1.54) is 16.8 Å². The summed E-state index contributed by atoms with van der Waals surface area (Å²) in [5, 5.41) is 12.4. The van der Waals surface area contributed by atoms with Crippen LogP contribution in [0.15, 0.2) is 65.6 Å². The van der Waals surface area contributed by atoms with Crippen LogP contribution in [-0.4, -0.2) is 22.4 Å². The third-order valence-electron chi connectivity index (χ3n) is 4.55. The lowest BCUT2D eigenvalue weighted by atomic mass is 10.2. The molecule has 1 aliphatic rings. The molecule has 0 bridgehead atoms. The molecule has 3 aromatic rings. The van der Waals surface area contributed by atoms with Gasteiger partial charge in [0.05, 0.1) is 12.8 Å². The van der Waals surface area contributed by atoms with Gasteiger partial charge in [0.25, 0.3) is 0 Å². The van der Waals surface area contributed by atoms with Crippen LogP contribution >= 0.6 is 0 Å². The van der Waals surface area contributed by atoms with Crippen LogP contribution in [-0.2, 0) is 24.6 Å². The van der Waals surface area contributed by atoms with Gasteiger partial charge < -0.3 is 29.2 Å². The molecule has 1 amide bonds. The molecular formula is C22H20N2O6. The molecule has 1 aromatic heterocycles. The number of aromatic nitrogens is 1. The maximum absolute atomic E-state index is 12.5. The van der Waals surface area contributed by atoms with Gasteiger partial charge in [-0.15, -0.1) is 0 Å². The Balaban J connectivity index is 1.48. The van der Waals surface area contributed by atoms with E-state index in [1.54, 1.807) is 18.2 Å². The fourth-order valence-corrected chi connectivity index (χ4v) is 3.05. The molecule has 0 fully saturated rings. The molecule has 2 N–H and O–H groups in total. The molecule has 1 aliphatic heterocycles. The number of nitrogens with one attached hydrogen (secondary N) is 1. The first-order valence-electron chi connectivity index (χ1n) is 9.33. The number of rotatable bonds is 7. The van der Waals surface area contributed by atoms with Crippen molar-refractivity contribution in [2.24, 2.45) is 0 Å². The van der Waals surface area contributed by atoms with Crippen LogP contribution in [0.4, 0.5) is 5.69 Å². The highest BCUT2D eigenvalue weighted by Gasteiger charge is 2.15. The molecule has 2 heterocycles. The third kappa shape index (κ3) is 4.44. The highest BCUT2D eigenvalue weighted by molar-refractivity contribution is 5.91. The van der Waals surface area contributed by atoms with Crippen molar-refractivity contribution in [3.63, 3.8) is 0 Å². The van der Waals surface area contributed by atoms with Crippen LogP contribution in [0.1, 0.15) is 11.3 Å². The number of amides is 1. The van der Waals surface area contributed by atoms with Crippen molar-refractivity contribution in [1.29, 1.82) is 0 Å². The van der Waals surface area contributed by atoms with Crippen molar-refractivity contribution in [1.82, 2.24) is 4.57 Å². The van der Waals surface area contributed by atoms with E-state index in [1.807, 2.05) is 30.3 Å². The number of hydrogen-bond donors (Lipinski definition) is 2. The Bertz CT molecular complexity index is 1110. The minimum absolute atomic E-state index is 0.104. The molecule has 0 atom stereocenters. The van der Waals surface area contributed by atoms with Crippen LogP contribution in [0.25, 0.3) is 0 Å². The van der Waals surface area contributed by atoms with Gasteiger partial charge in [0, 0.05) is 23.5 Å². The number of benzene rings is 2. The van der Waals surface area contributed by atoms with Gasteiger partial charge in [-0.3, -0.25) is 9.59 Å². The molecule has 0 radical (unpaired) electrons. The van der Waals surface area contributed by atoms with Crippen LogP contribution in [0.2, 0.25) is 0 Å². The number of hydrogen-bond acceptors (Lipinski definition) is 6. The quantitative estimate of drug-likeness (QED) is 0.622. The van der Waals surface area contributed by atoms with Crippen LogP contribution in [0.5, 0.6) is 17.2 Å². The Labute approximate surface area is 172 Å². The number of carbonyl (C=O) groups excluding carboxylic acids is 1. The SMILES string of the molecule is O=C(Cn1cc(OCc2ccccc2)c(=O)cc1CO)Nc1ccc2c(c1)OCO2. The largest absolute Gasteiger partial charge is 0.483 e. The molecule has 154 valence electrons. The average molecular weight is 408 g/mol. The molecule has 0 saturated carbocycles. The molecule has 8 nitrogen and oxygen atoms in total. The summed E-state index contributed by atoms with van der Waals surface area (Å²) in [4.78, 5) is 24.8. The zero-order valence-electron chi connectivity index (χ0n) is 16.0. The number of aliphatic hydroxyl groups excluding tert-OH is 1. The fourth-order valence-electron chi connectivity index (χ4n) is 3.05. The second-order valence-electron chi connectivity index (χ2n) is 6.67. The zero-order valence-corrected chi connectivity index (χ0v) is 16.0. The van der Waals surface area contributed by atoms with Gasteiger partial charge in [0.15, 0.2) is 17.2 Å². The second-order valence-corrected chi connectivity index (χ2v) is 6.67. The summed E-state index contributed by atoms with van der Waals surface area (Å²) >= 11 is 0. The normalized spacial score (nSPS) is 11.9. The topological polar surface area (TPSA) is 99.0 Å². The summed E-state index contributed by atoms with van der Waals surface area (Å²) in [6, 6.07) is 15.8. The van der Waals surface area contributed by atoms with Gasteiger partial charge in [0.2, 0.25) is 18.1 Å². The van der Waals surface area contributed by atoms with E-state index in [-0.39, 0.29) is 43.6 Å². The van der Waals surface area contributed by atoms with Gasteiger partial charge in [-0.25, -0.2) is 0 Å². The first-order valence-corrected chi connectivity index (χ1v) is 9.33. The van der Waals surface area contributed by atoms with Gasteiger partial charge in [0.1, 0.15) is 13.2 Å². The highest BCUT2D eigenvalue weighted by atomic mass is 16.7. The zero-order chi connectivity index (χ0) is 20.9. The van der Waals surface area contributed by atoms with Crippen molar-refractivity contribution in [2.75, 3.05) is 12.1 Å². The fraction of sp³-hybridized carbons (Fsp3) is 0.182. The summed E-state index contributed by atoms with van der Waals surface area (Å²) in [6.07, 6.45) is 1.44. The van der Waals surface area contributed by atoms with E-state index in [0.717, 1.165) is 5.56 Å². The van der Waals surface area contributed by atoms with E-state index in [0.29, 0.717) is 22.9 Å². The molecule has 8 heteroatoms. The van der Waals surface area contributed by atoms with Gasteiger partial charge in [-0.05, 0) is 17.7 Å². The summed E-state index contributed by atoms with van der Waals surface area (Å²) in [6.45, 7) is -0.120. The number of ether oxygens (including phenoxy) is 3. The maximum Gasteiger partial charge on any atom is 0.244 e. The first kappa shape index (κ1) is 19.5. The summed E-state index contributed by atoms with van der Waals surface area (Å²) in [5.41, 5.74) is 1.42. The van der Waals surface area contributed by atoms with Crippen LogP contribution < -0.4 is 25.0 Å². The van der Waals surface area contributed by atoms with Crippen LogP contribution in [0.3, 0.4) is 0 Å². The lowest BCUT2D eigenvalue weighted by Crippen LogP contribution is -2.23. The lowest BCUT2D eigenvalue weighted by molar-refractivity contribution is -0.116. The van der Waals surface area contributed by atoms with E-state index in [4.69, 9.17) is 14.2 Å². The smallest absolute Gasteiger partial charge is 0.244 e. The number of nitrogens with zero attached hydrogens (tertiary/aromatic N) is 1. The summed E-state index contributed by atoms with van der Waals surface area (Å²) in [5.74, 6) is 0.952. The average Bonchev–Trinajstić information content (AvgIpc) is 3.22. The molecule has 0 aliphatic carbocycles. The van der Waals surface area contributed by atoms with Crippen molar-refractivity contribution in [3.8, 4) is 17.2 Å². The predicted octanol–water partition coefficient (Wildman–Crippen LogP) is 2.29. The van der Waals surface area contributed by atoms with Gasteiger partial charge in [-0.2, -0.15) is 0 Å². The van der Waals surface area contributed by atoms with Crippen molar-refractivity contribution in [2.45, 2.75) is 19.8 Å². The minimum atomic E-state index is -0.383. The molecular weight excluding hydrogens is 388 g/mol. The monoisotopic (exact) mass is 408 g/mol. The molecule has 2 aromatic carbocycles. The maximum atomic E-state index is 12.5. The summed E-state index contributed by atoms with van der Waals surface area (Å²) in [7, 11) is 0. The molecule has 30 heavy (non-hydrogen) atoms. The van der Waals surface area contributed by atoms with E-state index < -0.39 is 0 Å². The molecule has 0 unspecified atom stereocenters. The standard InChI is InChI=1S/C22H20N2O6/c25-12-17-9-18(26)21(28-13-15-4-2-1-3-5-15)10-24(17)11-22(27)23-16-6-7-19-20(8-16)30-14-29-19/h1-10,25H,11-14H2,(H,23,27). The van der Waals surface area contributed by atoms with E-state index in [9.17, 15) is 14.7 Å². The Morgan fingerprint density at radius 3 is 2.70 bits per heavy atom. The Kier molecular flexibility index (Phi) is 5.67. The van der Waals surface area contributed by atoms with E-state index >= 15 is 0 Å². The molecule has 0 spiro atoms. The minimum Gasteiger partial charge on any atom is -0.483 e. The number of anilines is 1. The van der Waals surface area contributed by atoms with Crippen molar-refractivity contribution < 1.29 is 24.1 Å². The van der Waals surface area contributed by atoms with Gasteiger partial charge in [-0.1, -0.05) is 30.3 Å². The number of carbonyl (C=O) groups is 1. The summed E-state index contributed by atoms with van der Waals surface area (Å²) < 4.78 is 17.7. The Hall–Kier alpha value is -3.78. The highest BCUT2D eigenvalue weighted by Crippen LogP contribution is 2.34. The first-order chi connectivity index (χ1) is 14.6. The lowest BCUT2D eigenvalue weighted by Gasteiger charge is -2.14.